The van der Waals surface area contributed by atoms with Crippen molar-refractivity contribution in [2.24, 2.45) is 0 Å². The minimum absolute atomic E-state index is 0.0119. The van der Waals surface area contributed by atoms with Gasteiger partial charge in [0.25, 0.3) is 0 Å². The van der Waals surface area contributed by atoms with Gasteiger partial charge in [-0.15, -0.1) is 0 Å². The van der Waals surface area contributed by atoms with Crippen molar-refractivity contribution in [1.29, 1.82) is 5.41 Å². The number of hydrogen-bond donors (Lipinski definition) is 5. The molecule has 0 saturated heterocycles. The Morgan fingerprint density at radius 2 is 2.06 bits per heavy atom. The van der Waals surface area contributed by atoms with Crippen LogP contribution in [0.4, 0.5) is 23.1 Å². The van der Waals surface area contributed by atoms with Crippen molar-refractivity contribution >= 4 is 34.8 Å². The van der Waals surface area contributed by atoms with Gasteiger partial charge >= 0.3 is 0 Å². The zero-order valence-electron chi connectivity index (χ0n) is 19.1. The molecule has 174 valence electrons. The molecule has 1 aliphatic carbocycles. The fraction of sp³-hybridized carbons (Fsp3) is 0.308. The molecule has 8 nitrogen and oxygen atoms in total. The highest BCUT2D eigenvalue weighted by molar-refractivity contribution is 6.10. The average molecular weight is 457 g/mol. The van der Waals surface area contributed by atoms with E-state index in [2.05, 4.69) is 39.7 Å². The number of nitrogens with zero attached hydrogens (tertiary/aromatic N) is 2. The van der Waals surface area contributed by atoms with Crippen LogP contribution in [0.25, 0.3) is 0 Å². The largest absolute Gasteiger partial charge is 0.508 e. The van der Waals surface area contributed by atoms with E-state index in [-0.39, 0.29) is 29.6 Å². The van der Waals surface area contributed by atoms with Gasteiger partial charge in [0.05, 0.1) is 11.3 Å². The lowest BCUT2D eigenvalue weighted by Gasteiger charge is -2.25. The Balaban J connectivity index is 1.47. The monoisotopic (exact) mass is 456 g/mol. The van der Waals surface area contributed by atoms with Crippen molar-refractivity contribution in [2.45, 2.75) is 50.9 Å². The van der Waals surface area contributed by atoms with Gasteiger partial charge in [-0.05, 0) is 67.0 Å². The number of amides is 1. The molecular formula is C26H28N6O2. The molecule has 6 N–H and O–H groups in total. The summed E-state index contributed by atoms with van der Waals surface area (Å²) < 4.78 is 0. The SMILES string of the molecule is CCc1cc(Nc2ncc3c(n2)NC(=O)CC[C@@H](c2c(N)cccc2O)C3=N)ccc1C1CC1. The first kappa shape index (κ1) is 21.9. The summed E-state index contributed by atoms with van der Waals surface area (Å²) in [5, 5.41) is 25.3. The number of fused-ring (bicyclic) bond motifs is 1. The number of nitrogens with one attached hydrogen (secondary N) is 3. The van der Waals surface area contributed by atoms with Crippen molar-refractivity contribution in [1.82, 2.24) is 9.97 Å². The highest BCUT2D eigenvalue weighted by Crippen LogP contribution is 2.42. The number of phenols is 1. The van der Waals surface area contributed by atoms with Crippen LogP contribution in [0.15, 0.2) is 42.6 Å². The number of aromatic nitrogens is 2. The summed E-state index contributed by atoms with van der Waals surface area (Å²) in [7, 11) is 0. The van der Waals surface area contributed by atoms with Crippen LogP contribution in [-0.2, 0) is 11.2 Å². The van der Waals surface area contributed by atoms with E-state index >= 15 is 0 Å². The van der Waals surface area contributed by atoms with Crippen LogP contribution >= 0.6 is 0 Å². The molecule has 2 aliphatic rings. The van der Waals surface area contributed by atoms with E-state index in [9.17, 15) is 9.90 Å². The number of rotatable bonds is 5. The number of carbonyl (C=O) groups is 1. The van der Waals surface area contributed by atoms with Gasteiger partial charge in [0.1, 0.15) is 11.6 Å². The standard InChI is InChI=1S/C26H28N6O2/c1-2-14-12-16(8-9-17(14)15-6-7-15)30-26-29-13-19-24(28)18(10-11-22(34)31-25(19)32-26)23-20(27)4-3-5-21(23)33/h3-5,8-9,12-13,15,18,28,33H,2,6-7,10-11,27H2,1H3,(H2,29,30,31,32,34)/t18-/m0/s1. The Morgan fingerprint density at radius 1 is 1.24 bits per heavy atom. The maximum Gasteiger partial charge on any atom is 0.229 e. The van der Waals surface area contributed by atoms with Crippen LogP contribution in [0.2, 0.25) is 0 Å². The Kier molecular flexibility index (Phi) is 5.65. The second kappa shape index (κ2) is 8.78. The third kappa shape index (κ3) is 4.19. The van der Waals surface area contributed by atoms with Gasteiger partial charge < -0.3 is 26.9 Å². The highest BCUT2D eigenvalue weighted by atomic mass is 16.3. The van der Waals surface area contributed by atoms with E-state index in [0.717, 1.165) is 12.1 Å². The number of nitrogen functional groups attached to an aromatic ring is 1. The number of benzene rings is 2. The fourth-order valence-electron chi connectivity index (χ4n) is 4.69. The van der Waals surface area contributed by atoms with E-state index < -0.39 is 5.92 Å². The minimum atomic E-state index is -0.546. The summed E-state index contributed by atoms with van der Waals surface area (Å²) >= 11 is 0. The van der Waals surface area contributed by atoms with Gasteiger partial charge in [-0.25, -0.2) is 4.98 Å². The van der Waals surface area contributed by atoms with Crippen LogP contribution in [0.1, 0.15) is 66.7 Å². The lowest BCUT2D eigenvalue weighted by Crippen LogP contribution is -2.25. The highest BCUT2D eigenvalue weighted by Gasteiger charge is 2.30. The Morgan fingerprint density at radius 3 is 2.79 bits per heavy atom. The van der Waals surface area contributed by atoms with E-state index in [1.54, 1.807) is 24.4 Å². The normalized spacial score (nSPS) is 18.0. The Bertz CT molecular complexity index is 1260. The summed E-state index contributed by atoms with van der Waals surface area (Å²) in [5.74, 6) is 0.556. The fourth-order valence-corrected chi connectivity index (χ4v) is 4.69. The second-order valence-electron chi connectivity index (χ2n) is 8.96. The number of nitrogens with two attached hydrogens (primary N) is 1. The number of aryl methyl sites for hydroxylation is 1. The number of aromatic hydroxyl groups is 1. The van der Waals surface area contributed by atoms with Crippen molar-refractivity contribution in [2.75, 3.05) is 16.4 Å². The van der Waals surface area contributed by atoms with Crippen LogP contribution in [-0.4, -0.2) is 26.7 Å². The summed E-state index contributed by atoms with van der Waals surface area (Å²) in [6, 6.07) is 11.2. The number of phenolic OH excluding ortho intramolecular Hbond substituents is 1. The molecule has 0 bridgehead atoms. The number of anilines is 4. The van der Waals surface area contributed by atoms with Crippen LogP contribution in [0, 0.1) is 5.41 Å². The molecular weight excluding hydrogens is 428 g/mol. The third-order valence-corrected chi connectivity index (χ3v) is 6.61. The van der Waals surface area contributed by atoms with Gasteiger partial charge in [-0.3, -0.25) is 4.79 Å². The van der Waals surface area contributed by atoms with Gasteiger partial charge in [0.15, 0.2) is 0 Å². The molecule has 2 aromatic carbocycles. The Labute approximate surface area is 198 Å². The molecule has 1 aromatic heterocycles. The lowest BCUT2D eigenvalue weighted by molar-refractivity contribution is -0.116. The molecule has 1 amide bonds. The van der Waals surface area contributed by atoms with Gasteiger partial charge in [-0.1, -0.05) is 19.1 Å². The maximum absolute atomic E-state index is 12.6. The van der Waals surface area contributed by atoms with Gasteiger partial charge in [0.2, 0.25) is 11.9 Å². The zero-order valence-corrected chi connectivity index (χ0v) is 19.1. The molecule has 0 unspecified atom stereocenters. The lowest BCUT2D eigenvalue weighted by atomic mass is 9.84. The van der Waals surface area contributed by atoms with E-state index in [0.29, 0.717) is 35.1 Å². The summed E-state index contributed by atoms with van der Waals surface area (Å²) in [4.78, 5) is 21.5. The molecule has 0 spiro atoms. The minimum Gasteiger partial charge on any atom is -0.508 e. The van der Waals surface area contributed by atoms with E-state index in [4.69, 9.17) is 11.1 Å². The summed E-state index contributed by atoms with van der Waals surface area (Å²) in [5.41, 5.74) is 11.2. The number of hydrogen-bond acceptors (Lipinski definition) is 7. The summed E-state index contributed by atoms with van der Waals surface area (Å²) in [6.07, 6.45) is 5.53. The van der Waals surface area contributed by atoms with Crippen molar-refractivity contribution < 1.29 is 9.90 Å². The van der Waals surface area contributed by atoms with Crippen LogP contribution in [0.3, 0.4) is 0 Å². The maximum atomic E-state index is 12.6. The molecule has 1 atom stereocenters. The first-order valence-electron chi connectivity index (χ1n) is 11.7. The molecule has 1 fully saturated rings. The van der Waals surface area contributed by atoms with Crippen molar-refractivity contribution in [3.63, 3.8) is 0 Å². The quantitative estimate of drug-likeness (QED) is 0.349. The van der Waals surface area contributed by atoms with Crippen LogP contribution in [0.5, 0.6) is 5.75 Å². The van der Waals surface area contributed by atoms with Crippen LogP contribution < -0.4 is 16.4 Å². The topological polar surface area (TPSA) is 137 Å². The summed E-state index contributed by atoms with van der Waals surface area (Å²) in [6.45, 7) is 2.15. The molecule has 1 aliphatic heterocycles. The predicted octanol–water partition coefficient (Wildman–Crippen LogP) is 4.83. The Hall–Kier alpha value is -3.94. The van der Waals surface area contributed by atoms with E-state index in [1.165, 1.54) is 24.0 Å². The molecule has 34 heavy (non-hydrogen) atoms. The first-order valence-corrected chi connectivity index (χ1v) is 11.7. The van der Waals surface area contributed by atoms with Crippen molar-refractivity contribution in [3.05, 3.63) is 64.8 Å². The van der Waals surface area contributed by atoms with Crippen molar-refractivity contribution in [3.8, 4) is 5.75 Å². The molecule has 8 heteroatoms. The zero-order chi connectivity index (χ0) is 23.8. The van der Waals surface area contributed by atoms with Gasteiger partial charge in [-0.2, -0.15) is 4.98 Å². The smallest absolute Gasteiger partial charge is 0.229 e. The molecule has 2 heterocycles. The number of carbonyl (C=O) groups excluding carboxylic acids is 1. The van der Waals surface area contributed by atoms with Gasteiger partial charge in [0, 0.05) is 35.5 Å². The molecule has 3 aromatic rings. The predicted molar refractivity (Wildman–Crippen MR) is 133 cm³/mol. The molecule has 5 rings (SSSR count). The van der Waals surface area contributed by atoms with E-state index in [1.807, 2.05) is 6.07 Å². The first-order chi connectivity index (χ1) is 16.4. The molecule has 1 saturated carbocycles. The average Bonchev–Trinajstić information content (AvgIpc) is 3.65. The second-order valence-corrected chi connectivity index (χ2v) is 8.96. The third-order valence-electron chi connectivity index (χ3n) is 6.61. The molecule has 0 radical (unpaired) electrons.